The zero-order valence-electron chi connectivity index (χ0n) is 17.0. The van der Waals surface area contributed by atoms with Gasteiger partial charge in [0.2, 0.25) is 0 Å². The molecule has 0 aromatic heterocycles. The molecule has 0 saturated carbocycles. The number of nitrogens with zero attached hydrogens (tertiary/aromatic N) is 1. The molecule has 156 valence electrons. The van der Waals surface area contributed by atoms with Crippen LogP contribution in [0.25, 0.3) is 10.8 Å². The van der Waals surface area contributed by atoms with E-state index in [1.807, 2.05) is 54.2 Å². The second kappa shape index (κ2) is 9.87. The van der Waals surface area contributed by atoms with Crippen LogP contribution in [-0.2, 0) is 15.9 Å². The lowest BCUT2D eigenvalue weighted by Gasteiger charge is -2.13. The third-order valence-electron chi connectivity index (χ3n) is 5.07. The van der Waals surface area contributed by atoms with Crippen LogP contribution in [-0.4, -0.2) is 44.2 Å². The van der Waals surface area contributed by atoms with Gasteiger partial charge < -0.3 is 14.2 Å². The Morgan fingerprint density at radius 2 is 1.83 bits per heavy atom. The number of thioether (sulfide) groups is 1. The molecule has 0 N–H and O–H groups in total. The van der Waals surface area contributed by atoms with Gasteiger partial charge >= 0.3 is 6.09 Å². The first-order valence-electron chi connectivity index (χ1n) is 9.99. The van der Waals surface area contributed by atoms with Crippen molar-refractivity contribution >= 4 is 34.3 Å². The highest BCUT2D eigenvalue weighted by Gasteiger charge is 2.31. The molecule has 0 spiro atoms. The molecule has 0 radical (unpaired) electrons. The van der Waals surface area contributed by atoms with Crippen LogP contribution in [0, 0.1) is 0 Å². The van der Waals surface area contributed by atoms with E-state index in [-0.39, 0.29) is 19.0 Å². The van der Waals surface area contributed by atoms with Crippen LogP contribution in [0.2, 0.25) is 0 Å². The maximum absolute atomic E-state index is 12.2. The van der Waals surface area contributed by atoms with Crippen molar-refractivity contribution in [1.29, 1.82) is 0 Å². The monoisotopic (exact) mass is 423 g/mol. The molecule has 1 saturated heterocycles. The summed E-state index contributed by atoms with van der Waals surface area (Å²) in [5.41, 5.74) is 2.18. The number of aryl methyl sites for hydroxylation is 1. The number of benzene rings is 3. The largest absolute Gasteiger partial charge is 0.467 e. The van der Waals surface area contributed by atoms with Gasteiger partial charge in [0.1, 0.15) is 11.9 Å². The number of carbonyl (C=O) groups excluding carboxylic acids is 1. The van der Waals surface area contributed by atoms with Crippen LogP contribution in [0.5, 0.6) is 5.75 Å². The van der Waals surface area contributed by atoms with Gasteiger partial charge in [-0.05, 0) is 41.3 Å². The van der Waals surface area contributed by atoms with E-state index in [1.54, 1.807) is 12.0 Å². The molecule has 1 fully saturated rings. The van der Waals surface area contributed by atoms with Gasteiger partial charge in [-0.25, -0.2) is 4.79 Å². The molecule has 1 aliphatic rings. The van der Waals surface area contributed by atoms with Gasteiger partial charge in [-0.3, -0.25) is 4.90 Å². The van der Waals surface area contributed by atoms with Gasteiger partial charge in [-0.2, -0.15) is 11.8 Å². The first-order valence-corrected chi connectivity index (χ1v) is 11.1. The summed E-state index contributed by atoms with van der Waals surface area (Å²) in [6, 6.07) is 22.1. The Morgan fingerprint density at radius 3 is 2.67 bits per heavy atom. The predicted octanol–water partition coefficient (Wildman–Crippen LogP) is 5.12. The normalized spacial score (nSPS) is 16.1. The summed E-state index contributed by atoms with van der Waals surface area (Å²) < 4.78 is 16.3. The number of hydrogen-bond acceptors (Lipinski definition) is 5. The van der Waals surface area contributed by atoms with Crippen LogP contribution in [0.15, 0.2) is 66.7 Å². The standard InChI is InChI=1S/C24H25NO4S/c1-27-17-28-23-12-6-10-21-18(7-5-11-22(21)23)13-14-30-16-20-15-25(24(26)29-20)19-8-3-2-4-9-19/h2-12,20H,13-17H2,1H3. The van der Waals surface area contributed by atoms with Crippen molar-refractivity contribution in [3.05, 3.63) is 72.3 Å². The highest BCUT2D eigenvalue weighted by atomic mass is 32.2. The molecule has 30 heavy (non-hydrogen) atoms. The molecule has 4 rings (SSSR count). The Morgan fingerprint density at radius 1 is 1.03 bits per heavy atom. The topological polar surface area (TPSA) is 48.0 Å². The minimum Gasteiger partial charge on any atom is -0.467 e. The predicted molar refractivity (Wildman–Crippen MR) is 122 cm³/mol. The number of methoxy groups -OCH3 is 1. The molecule has 5 nitrogen and oxygen atoms in total. The molecule has 1 atom stereocenters. The zero-order valence-corrected chi connectivity index (χ0v) is 17.8. The Hall–Kier alpha value is -2.70. The second-order valence-corrected chi connectivity index (χ2v) is 8.25. The van der Waals surface area contributed by atoms with E-state index in [0.717, 1.165) is 34.7 Å². The van der Waals surface area contributed by atoms with Crippen molar-refractivity contribution in [1.82, 2.24) is 0 Å². The average Bonchev–Trinajstić information content (AvgIpc) is 3.16. The maximum atomic E-state index is 12.2. The summed E-state index contributed by atoms with van der Waals surface area (Å²) in [6.45, 7) is 0.837. The lowest BCUT2D eigenvalue weighted by atomic mass is 10.0. The summed E-state index contributed by atoms with van der Waals surface area (Å²) in [5.74, 6) is 2.59. The van der Waals surface area contributed by atoms with E-state index in [2.05, 4.69) is 24.3 Å². The third-order valence-corrected chi connectivity index (χ3v) is 6.17. The molecule has 3 aromatic rings. The van der Waals surface area contributed by atoms with Gasteiger partial charge in [0.15, 0.2) is 6.79 Å². The van der Waals surface area contributed by atoms with Gasteiger partial charge in [0.25, 0.3) is 0 Å². The van der Waals surface area contributed by atoms with Crippen LogP contribution >= 0.6 is 11.8 Å². The maximum Gasteiger partial charge on any atom is 0.414 e. The van der Waals surface area contributed by atoms with E-state index >= 15 is 0 Å². The molecular formula is C24H25NO4S. The Kier molecular flexibility index (Phi) is 6.77. The first-order chi connectivity index (χ1) is 14.8. The molecule has 1 aliphatic heterocycles. The van der Waals surface area contributed by atoms with Gasteiger partial charge in [0, 0.05) is 23.9 Å². The van der Waals surface area contributed by atoms with Crippen LogP contribution in [0.4, 0.5) is 10.5 Å². The number of hydrogen-bond donors (Lipinski definition) is 0. The van der Waals surface area contributed by atoms with Crippen LogP contribution < -0.4 is 9.64 Å². The van der Waals surface area contributed by atoms with E-state index in [1.165, 1.54) is 10.9 Å². The Bertz CT molecular complexity index is 995. The summed E-state index contributed by atoms with van der Waals surface area (Å²) >= 11 is 1.82. The number of rotatable bonds is 9. The summed E-state index contributed by atoms with van der Waals surface area (Å²) in [4.78, 5) is 13.9. The Balaban J connectivity index is 1.32. The number of para-hydroxylation sites is 1. The van der Waals surface area contributed by atoms with E-state index in [0.29, 0.717) is 6.54 Å². The molecule has 0 aliphatic carbocycles. The fourth-order valence-corrected chi connectivity index (χ4v) is 4.60. The van der Waals surface area contributed by atoms with E-state index < -0.39 is 0 Å². The first kappa shape index (κ1) is 20.6. The van der Waals surface area contributed by atoms with Crippen molar-refractivity contribution in [3.8, 4) is 5.75 Å². The molecule has 0 bridgehead atoms. The minimum absolute atomic E-state index is 0.0794. The van der Waals surface area contributed by atoms with E-state index in [9.17, 15) is 4.79 Å². The van der Waals surface area contributed by atoms with Crippen molar-refractivity contribution < 1.29 is 19.0 Å². The molecule has 6 heteroatoms. The fourth-order valence-electron chi connectivity index (χ4n) is 3.64. The van der Waals surface area contributed by atoms with Crippen molar-refractivity contribution in [3.63, 3.8) is 0 Å². The zero-order chi connectivity index (χ0) is 20.8. The van der Waals surface area contributed by atoms with Gasteiger partial charge in [-0.1, -0.05) is 48.5 Å². The molecule has 3 aromatic carbocycles. The number of carbonyl (C=O) groups is 1. The number of amides is 1. The number of ether oxygens (including phenoxy) is 3. The second-order valence-electron chi connectivity index (χ2n) is 7.10. The highest BCUT2D eigenvalue weighted by Crippen LogP contribution is 2.29. The van der Waals surface area contributed by atoms with Crippen molar-refractivity contribution in [2.24, 2.45) is 0 Å². The van der Waals surface area contributed by atoms with Gasteiger partial charge in [-0.15, -0.1) is 0 Å². The van der Waals surface area contributed by atoms with E-state index in [4.69, 9.17) is 14.2 Å². The molecular weight excluding hydrogens is 398 g/mol. The van der Waals surface area contributed by atoms with Crippen LogP contribution in [0.3, 0.4) is 0 Å². The lowest BCUT2D eigenvalue weighted by molar-refractivity contribution is 0.0522. The fraction of sp³-hybridized carbons (Fsp3) is 0.292. The number of cyclic esters (lactones) is 1. The van der Waals surface area contributed by atoms with Crippen molar-refractivity contribution in [2.45, 2.75) is 12.5 Å². The SMILES string of the molecule is COCOc1cccc2c(CCSCC3CN(c4ccccc4)C(=O)O3)cccc12. The summed E-state index contributed by atoms with van der Waals surface area (Å²) in [6.07, 6.45) is 0.604. The molecule has 1 heterocycles. The minimum atomic E-state index is -0.260. The number of fused-ring (bicyclic) bond motifs is 1. The average molecular weight is 424 g/mol. The van der Waals surface area contributed by atoms with Gasteiger partial charge in [0.05, 0.1) is 6.54 Å². The lowest BCUT2D eigenvalue weighted by Crippen LogP contribution is -2.24. The van der Waals surface area contributed by atoms with Crippen LogP contribution in [0.1, 0.15) is 5.56 Å². The summed E-state index contributed by atoms with van der Waals surface area (Å²) in [5, 5.41) is 2.30. The quantitative estimate of drug-likeness (QED) is 0.353. The summed E-state index contributed by atoms with van der Waals surface area (Å²) in [7, 11) is 1.62. The highest BCUT2D eigenvalue weighted by molar-refractivity contribution is 7.99. The smallest absolute Gasteiger partial charge is 0.414 e. The third kappa shape index (κ3) is 4.71. The Labute approximate surface area is 180 Å². The molecule has 1 amide bonds. The number of anilines is 1. The molecule has 1 unspecified atom stereocenters. The van der Waals surface area contributed by atoms with Crippen molar-refractivity contribution in [2.75, 3.05) is 36.9 Å².